The van der Waals surface area contributed by atoms with Crippen LogP contribution in [-0.4, -0.2) is 46.9 Å². The van der Waals surface area contributed by atoms with Crippen molar-refractivity contribution in [2.24, 2.45) is 0 Å². The van der Waals surface area contributed by atoms with Crippen molar-refractivity contribution in [2.75, 3.05) is 31.1 Å². The van der Waals surface area contributed by atoms with Crippen LogP contribution in [0.3, 0.4) is 0 Å². The zero-order chi connectivity index (χ0) is 23.4. The smallest absolute Gasteiger partial charge is 0.270 e. The van der Waals surface area contributed by atoms with Gasteiger partial charge in [0.05, 0.1) is 4.92 Å². The summed E-state index contributed by atoms with van der Waals surface area (Å²) in [4.78, 5) is 31.2. The van der Waals surface area contributed by atoms with E-state index in [4.69, 9.17) is 4.42 Å². The molecule has 1 saturated heterocycles. The summed E-state index contributed by atoms with van der Waals surface area (Å²) in [6.07, 6.45) is 3.21. The van der Waals surface area contributed by atoms with E-state index in [1.807, 2.05) is 36.1 Å². The van der Waals surface area contributed by atoms with Crippen molar-refractivity contribution < 1.29 is 14.1 Å². The summed E-state index contributed by atoms with van der Waals surface area (Å²) in [7, 11) is 0. The van der Waals surface area contributed by atoms with E-state index < -0.39 is 4.92 Å². The summed E-state index contributed by atoms with van der Waals surface area (Å²) in [6.45, 7) is 3.96. The van der Waals surface area contributed by atoms with Crippen LogP contribution in [0.2, 0.25) is 0 Å². The molecule has 0 radical (unpaired) electrons. The minimum atomic E-state index is -0.461. The molecule has 3 aromatic rings. The Kier molecular flexibility index (Phi) is 6.17. The first kappa shape index (κ1) is 21.8. The van der Waals surface area contributed by atoms with Gasteiger partial charge in [-0.2, -0.15) is 10.2 Å². The van der Waals surface area contributed by atoms with Crippen LogP contribution >= 0.6 is 0 Å². The molecule has 2 heterocycles. The van der Waals surface area contributed by atoms with Gasteiger partial charge in [0.2, 0.25) is 17.5 Å². The molecule has 0 spiro atoms. The van der Waals surface area contributed by atoms with Gasteiger partial charge in [-0.3, -0.25) is 14.9 Å². The Morgan fingerprint density at radius 1 is 1.15 bits per heavy atom. The van der Waals surface area contributed by atoms with E-state index in [1.54, 1.807) is 29.2 Å². The van der Waals surface area contributed by atoms with E-state index in [0.29, 0.717) is 43.2 Å². The zero-order valence-corrected chi connectivity index (χ0v) is 18.0. The molecule has 0 atom stereocenters. The number of aryl methyl sites for hydroxylation is 1. The summed E-state index contributed by atoms with van der Waals surface area (Å²) in [5, 5.41) is 20.4. The van der Waals surface area contributed by atoms with E-state index in [0.717, 1.165) is 5.56 Å². The second-order valence-electron chi connectivity index (χ2n) is 7.65. The predicted molar refractivity (Wildman–Crippen MR) is 123 cm³/mol. The van der Waals surface area contributed by atoms with Crippen molar-refractivity contribution in [1.82, 2.24) is 9.88 Å². The number of non-ortho nitro benzene ring substituents is 1. The number of nitriles is 1. The van der Waals surface area contributed by atoms with Crippen LogP contribution in [0.5, 0.6) is 0 Å². The summed E-state index contributed by atoms with van der Waals surface area (Å²) >= 11 is 0. The first-order valence-corrected chi connectivity index (χ1v) is 10.4. The molecule has 1 amide bonds. The molecule has 4 rings (SSSR count). The number of anilines is 1. The molecule has 0 aliphatic carbocycles. The minimum Gasteiger partial charge on any atom is -0.420 e. The molecule has 166 valence electrons. The van der Waals surface area contributed by atoms with Crippen molar-refractivity contribution in [2.45, 2.75) is 6.92 Å². The average Bonchev–Trinajstić information content (AvgIpc) is 3.26. The van der Waals surface area contributed by atoms with E-state index in [2.05, 4.69) is 11.1 Å². The lowest BCUT2D eigenvalue weighted by molar-refractivity contribution is -0.384. The van der Waals surface area contributed by atoms with Crippen molar-refractivity contribution in [3.05, 3.63) is 86.9 Å². The quantitative estimate of drug-likeness (QED) is 0.434. The van der Waals surface area contributed by atoms with Crippen molar-refractivity contribution in [1.29, 1.82) is 5.26 Å². The molecule has 9 heteroatoms. The second kappa shape index (κ2) is 9.36. The fourth-order valence-corrected chi connectivity index (χ4v) is 3.67. The fourth-order valence-electron chi connectivity index (χ4n) is 3.67. The van der Waals surface area contributed by atoms with Gasteiger partial charge in [0.25, 0.3) is 11.6 Å². The maximum atomic E-state index is 12.8. The van der Waals surface area contributed by atoms with Crippen LogP contribution in [0.1, 0.15) is 33.1 Å². The van der Waals surface area contributed by atoms with Gasteiger partial charge in [0.15, 0.2) is 0 Å². The van der Waals surface area contributed by atoms with E-state index in [1.165, 1.54) is 12.1 Å². The van der Waals surface area contributed by atoms with E-state index in [9.17, 15) is 20.2 Å². The van der Waals surface area contributed by atoms with Crippen molar-refractivity contribution in [3.63, 3.8) is 0 Å². The highest BCUT2D eigenvalue weighted by Gasteiger charge is 2.26. The van der Waals surface area contributed by atoms with Gasteiger partial charge >= 0.3 is 0 Å². The minimum absolute atomic E-state index is 0.0129. The molecule has 0 N–H and O–H groups in total. The number of oxazole rings is 1. The molecule has 33 heavy (non-hydrogen) atoms. The Morgan fingerprint density at radius 2 is 1.91 bits per heavy atom. The molecule has 0 unspecified atom stereocenters. The monoisotopic (exact) mass is 443 g/mol. The number of hydrogen-bond donors (Lipinski definition) is 0. The third-order valence-corrected chi connectivity index (χ3v) is 5.35. The Hall–Kier alpha value is -4.45. The number of carbonyl (C=O) groups excluding carboxylic acids is 1. The Bertz CT molecular complexity index is 1270. The highest BCUT2D eigenvalue weighted by molar-refractivity contribution is 5.94. The molecule has 1 aliphatic heterocycles. The number of hydrogen-bond acceptors (Lipinski definition) is 7. The van der Waals surface area contributed by atoms with Crippen LogP contribution in [0.15, 0.2) is 52.9 Å². The summed E-state index contributed by atoms with van der Waals surface area (Å²) < 4.78 is 5.81. The fraction of sp³-hybridized carbons (Fsp3) is 0.208. The molecule has 0 bridgehead atoms. The molecule has 0 saturated carbocycles. The van der Waals surface area contributed by atoms with Crippen LogP contribution in [0, 0.1) is 28.4 Å². The third kappa shape index (κ3) is 4.91. The SMILES string of the molecule is Cc1cccc(C(=O)N2CCN(c3oc(/C=C/c4cccc([N+](=O)[O-])c4)nc3C#N)CC2)c1. The highest BCUT2D eigenvalue weighted by Crippen LogP contribution is 2.25. The Morgan fingerprint density at radius 3 is 2.61 bits per heavy atom. The van der Waals surface area contributed by atoms with Gasteiger partial charge in [-0.05, 0) is 30.7 Å². The summed E-state index contributed by atoms with van der Waals surface area (Å²) in [5.74, 6) is 0.571. The standard InChI is InChI=1S/C24H21N5O4/c1-17-4-2-6-19(14-17)23(30)27-10-12-28(13-11-27)24-21(16-25)26-22(33-24)9-8-18-5-3-7-20(15-18)29(31)32/h2-9,14-15H,10-13H2,1H3/b9-8+. The normalized spacial score (nSPS) is 13.8. The molecular formula is C24H21N5O4. The van der Waals surface area contributed by atoms with Crippen LogP contribution in [-0.2, 0) is 0 Å². The van der Waals surface area contributed by atoms with Gasteiger partial charge < -0.3 is 14.2 Å². The molecule has 2 aromatic carbocycles. The Labute approximate surface area is 190 Å². The van der Waals surface area contributed by atoms with Crippen LogP contribution in [0.4, 0.5) is 11.6 Å². The van der Waals surface area contributed by atoms with Gasteiger partial charge in [0, 0.05) is 50.0 Å². The maximum Gasteiger partial charge on any atom is 0.270 e. The molecular weight excluding hydrogens is 422 g/mol. The van der Waals surface area contributed by atoms with Crippen molar-refractivity contribution >= 4 is 29.6 Å². The number of aromatic nitrogens is 1. The third-order valence-electron chi connectivity index (χ3n) is 5.35. The highest BCUT2D eigenvalue weighted by atomic mass is 16.6. The number of carbonyl (C=O) groups is 1. The Balaban J connectivity index is 1.45. The molecule has 1 aliphatic rings. The van der Waals surface area contributed by atoms with Crippen LogP contribution < -0.4 is 4.90 Å². The number of amides is 1. The molecule has 1 fully saturated rings. The first-order chi connectivity index (χ1) is 15.9. The molecule has 1 aromatic heterocycles. The van der Waals surface area contributed by atoms with Crippen molar-refractivity contribution in [3.8, 4) is 6.07 Å². The number of rotatable bonds is 5. The number of nitrogens with zero attached hydrogens (tertiary/aromatic N) is 5. The van der Waals surface area contributed by atoms with Gasteiger partial charge in [-0.1, -0.05) is 29.8 Å². The average molecular weight is 443 g/mol. The molecule has 9 nitrogen and oxygen atoms in total. The number of nitro benzene ring substituents is 1. The lowest BCUT2D eigenvalue weighted by atomic mass is 10.1. The topological polar surface area (TPSA) is 117 Å². The van der Waals surface area contributed by atoms with Gasteiger partial charge in [-0.25, -0.2) is 0 Å². The summed E-state index contributed by atoms with van der Waals surface area (Å²) in [5.41, 5.74) is 2.46. The van der Waals surface area contributed by atoms with E-state index in [-0.39, 0.29) is 23.2 Å². The zero-order valence-electron chi connectivity index (χ0n) is 18.0. The second-order valence-corrected chi connectivity index (χ2v) is 7.65. The number of piperazine rings is 1. The van der Waals surface area contributed by atoms with Gasteiger partial charge in [-0.15, -0.1) is 0 Å². The van der Waals surface area contributed by atoms with Crippen LogP contribution in [0.25, 0.3) is 12.2 Å². The number of nitro groups is 1. The first-order valence-electron chi connectivity index (χ1n) is 10.4. The number of benzene rings is 2. The predicted octanol–water partition coefficient (Wildman–Crippen LogP) is 3.90. The lowest BCUT2D eigenvalue weighted by Gasteiger charge is -2.34. The maximum absolute atomic E-state index is 12.8. The lowest BCUT2D eigenvalue weighted by Crippen LogP contribution is -2.48. The van der Waals surface area contributed by atoms with E-state index >= 15 is 0 Å². The largest absolute Gasteiger partial charge is 0.420 e. The summed E-state index contributed by atoms with van der Waals surface area (Å²) in [6, 6.07) is 15.7. The van der Waals surface area contributed by atoms with Gasteiger partial charge in [0.1, 0.15) is 6.07 Å².